The minimum absolute atomic E-state index is 0.00314. The van der Waals surface area contributed by atoms with E-state index < -0.39 is 0 Å². The number of hydrogen-bond acceptors (Lipinski definition) is 6. The Morgan fingerprint density at radius 1 is 1.07 bits per heavy atom. The highest BCUT2D eigenvalue weighted by molar-refractivity contribution is 5.92. The first-order valence-corrected chi connectivity index (χ1v) is 10.00. The van der Waals surface area contributed by atoms with Crippen LogP contribution in [0.1, 0.15) is 18.4 Å². The summed E-state index contributed by atoms with van der Waals surface area (Å²) in [5.41, 5.74) is 2.57. The minimum Gasteiger partial charge on any atom is -0.473 e. The van der Waals surface area contributed by atoms with Crippen LogP contribution < -0.4 is 14.2 Å². The van der Waals surface area contributed by atoms with Crippen LogP contribution in [0.3, 0.4) is 0 Å². The third-order valence-corrected chi connectivity index (χ3v) is 5.28. The Balaban J connectivity index is 1.15. The number of carbonyl (C=O) groups excluding carboxylic acids is 1. The van der Waals surface area contributed by atoms with Crippen molar-refractivity contribution >= 4 is 23.0 Å². The molecule has 1 saturated heterocycles. The van der Waals surface area contributed by atoms with Crippen molar-refractivity contribution in [1.29, 1.82) is 0 Å². The average molecular weight is 403 g/mol. The lowest BCUT2D eigenvalue weighted by atomic mass is 10.1. The summed E-state index contributed by atoms with van der Waals surface area (Å²) in [5.74, 6) is 1.97. The molecule has 1 amide bonds. The highest BCUT2D eigenvalue weighted by atomic mass is 16.7. The number of ether oxygens (including phenoxy) is 3. The minimum atomic E-state index is -0.00314. The van der Waals surface area contributed by atoms with Crippen molar-refractivity contribution in [2.24, 2.45) is 0 Å². The van der Waals surface area contributed by atoms with E-state index in [1.165, 1.54) is 0 Å². The summed E-state index contributed by atoms with van der Waals surface area (Å²) in [7, 11) is 0. The van der Waals surface area contributed by atoms with Gasteiger partial charge in [0.25, 0.3) is 0 Å². The van der Waals surface area contributed by atoms with Gasteiger partial charge in [-0.05, 0) is 35.9 Å². The summed E-state index contributed by atoms with van der Waals surface area (Å²) in [6, 6.07) is 13.3. The van der Waals surface area contributed by atoms with Crippen molar-refractivity contribution in [2.45, 2.75) is 18.9 Å². The maximum absolute atomic E-state index is 12.5. The van der Waals surface area contributed by atoms with E-state index in [1.54, 1.807) is 18.3 Å². The molecule has 0 radical (unpaired) electrons. The topological polar surface area (TPSA) is 73.8 Å². The van der Waals surface area contributed by atoms with E-state index in [4.69, 9.17) is 14.2 Å². The van der Waals surface area contributed by atoms with Gasteiger partial charge in [-0.15, -0.1) is 0 Å². The predicted octanol–water partition coefficient (Wildman–Crippen LogP) is 3.44. The molecule has 152 valence electrons. The Morgan fingerprint density at radius 2 is 1.87 bits per heavy atom. The normalized spacial score (nSPS) is 16.3. The van der Waals surface area contributed by atoms with E-state index in [-0.39, 0.29) is 18.8 Å². The van der Waals surface area contributed by atoms with Crippen molar-refractivity contribution in [3.05, 3.63) is 60.3 Å². The van der Waals surface area contributed by atoms with Gasteiger partial charge in [-0.25, -0.2) is 9.97 Å². The number of carbonyl (C=O) groups is 1. The van der Waals surface area contributed by atoms with E-state index >= 15 is 0 Å². The molecule has 7 heteroatoms. The Morgan fingerprint density at radius 3 is 2.73 bits per heavy atom. The zero-order chi connectivity index (χ0) is 20.3. The summed E-state index contributed by atoms with van der Waals surface area (Å²) in [4.78, 5) is 23.3. The van der Waals surface area contributed by atoms with Crippen LogP contribution in [0.25, 0.3) is 17.1 Å². The largest absolute Gasteiger partial charge is 0.473 e. The van der Waals surface area contributed by atoms with Crippen molar-refractivity contribution < 1.29 is 19.0 Å². The molecule has 1 aromatic heterocycles. The van der Waals surface area contributed by atoms with Crippen LogP contribution >= 0.6 is 0 Å². The number of piperidine rings is 1. The fourth-order valence-electron chi connectivity index (χ4n) is 3.65. The lowest BCUT2D eigenvalue weighted by Crippen LogP contribution is -2.41. The Bertz CT molecular complexity index is 1110. The molecule has 0 atom stereocenters. The first kappa shape index (κ1) is 18.4. The van der Waals surface area contributed by atoms with Crippen LogP contribution in [0.15, 0.2) is 54.7 Å². The molecular formula is C23H21N3O4. The van der Waals surface area contributed by atoms with Crippen molar-refractivity contribution in [1.82, 2.24) is 14.9 Å². The highest BCUT2D eigenvalue weighted by Gasteiger charge is 2.23. The number of aromatic nitrogens is 2. The van der Waals surface area contributed by atoms with Gasteiger partial charge in [0, 0.05) is 32.0 Å². The molecule has 0 unspecified atom stereocenters. The summed E-state index contributed by atoms with van der Waals surface area (Å²) >= 11 is 0. The van der Waals surface area contributed by atoms with E-state index in [0.29, 0.717) is 24.7 Å². The first-order chi connectivity index (χ1) is 14.7. The molecule has 5 rings (SSSR count). The fourth-order valence-corrected chi connectivity index (χ4v) is 3.65. The molecule has 0 bridgehead atoms. The molecule has 3 heterocycles. The third-order valence-electron chi connectivity index (χ3n) is 5.28. The van der Waals surface area contributed by atoms with Crippen LogP contribution in [-0.4, -0.2) is 46.8 Å². The van der Waals surface area contributed by atoms with Gasteiger partial charge in [0.15, 0.2) is 11.5 Å². The van der Waals surface area contributed by atoms with Crippen molar-refractivity contribution in [3.63, 3.8) is 0 Å². The monoisotopic (exact) mass is 403 g/mol. The zero-order valence-corrected chi connectivity index (χ0v) is 16.4. The molecule has 2 aliphatic rings. The smallest absolute Gasteiger partial charge is 0.246 e. The molecule has 2 aromatic carbocycles. The van der Waals surface area contributed by atoms with Gasteiger partial charge >= 0.3 is 0 Å². The van der Waals surface area contributed by atoms with E-state index in [2.05, 4.69) is 9.97 Å². The molecule has 7 nitrogen and oxygen atoms in total. The van der Waals surface area contributed by atoms with Gasteiger partial charge in [-0.1, -0.05) is 18.2 Å². The number of nitrogens with zero attached hydrogens (tertiary/aromatic N) is 3. The standard InChI is InChI=1S/C23H21N3O4/c27-23(8-6-16-5-7-20-21(13-16)29-15-28-20)26-11-9-17(10-12-26)30-22-14-24-18-3-1-2-4-19(18)25-22/h1-8,13-14,17H,9-12,15H2. The molecule has 30 heavy (non-hydrogen) atoms. The lowest BCUT2D eigenvalue weighted by molar-refractivity contribution is -0.127. The summed E-state index contributed by atoms with van der Waals surface area (Å²) in [6.45, 7) is 1.54. The second-order valence-corrected chi connectivity index (χ2v) is 7.29. The Labute approximate surface area is 173 Å². The number of hydrogen-bond donors (Lipinski definition) is 0. The van der Waals surface area contributed by atoms with Crippen molar-refractivity contribution in [3.8, 4) is 17.4 Å². The predicted molar refractivity (Wildman–Crippen MR) is 111 cm³/mol. The molecule has 0 saturated carbocycles. The quantitative estimate of drug-likeness (QED) is 0.622. The van der Waals surface area contributed by atoms with Gasteiger partial charge in [-0.3, -0.25) is 4.79 Å². The van der Waals surface area contributed by atoms with Crippen LogP contribution in [0, 0.1) is 0 Å². The van der Waals surface area contributed by atoms with Crippen LogP contribution in [0.5, 0.6) is 17.4 Å². The number of amides is 1. The second-order valence-electron chi connectivity index (χ2n) is 7.29. The van der Waals surface area contributed by atoms with Gasteiger partial charge in [0.1, 0.15) is 6.10 Å². The molecule has 3 aromatic rings. The molecular weight excluding hydrogens is 382 g/mol. The van der Waals surface area contributed by atoms with E-state index in [9.17, 15) is 4.79 Å². The van der Waals surface area contributed by atoms with Gasteiger partial charge in [-0.2, -0.15) is 0 Å². The molecule has 1 fully saturated rings. The van der Waals surface area contributed by atoms with E-state index in [1.807, 2.05) is 47.4 Å². The van der Waals surface area contributed by atoms with Gasteiger partial charge in [0.05, 0.1) is 17.2 Å². The summed E-state index contributed by atoms with van der Waals surface area (Å²) in [5, 5.41) is 0. The number of para-hydroxylation sites is 2. The van der Waals surface area contributed by atoms with Crippen molar-refractivity contribution in [2.75, 3.05) is 19.9 Å². The number of benzene rings is 2. The van der Waals surface area contributed by atoms with Crippen LogP contribution in [0.4, 0.5) is 0 Å². The zero-order valence-electron chi connectivity index (χ0n) is 16.4. The molecule has 2 aliphatic heterocycles. The average Bonchev–Trinajstić information content (AvgIpc) is 3.26. The Hall–Kier alpha value is -3.61. The highest BCUT2D eigenvalue weighted by Crippen LogP contribution is 2.32. The number of rotatable bonds is 4. The summed E-state index contributed by atoms with van der Waals surface area (Å²) in [6.07, 6.45) is 6.62. The fraction of sp³-hybridized carbons (Fsp3) is 0.261. The van der Waals surface area contributed by atoms with Gasteiger partial charge in [0.2, 0.25) is 18.6 Å². The lowest BCUT2D eigenvalue weighted by Gasteiger charge is -2.31. The Kier molecular flexibility index (Phi) is 4.93. The second kappa shape index (κ2) is 8.02. The maximum atomic E-state index is 12.5. The number of likely N-dealkylation sites (tertiary alicyclic amines) is 1. The SMILES string of the molecule is O=C(C=Cc1ccc2c(c1)OCO2)N1CCC(Oc2cnc3ccccc3n2)CC1. The molecule has 0 spiro atoms. The molecule has 0 N–H and O–H groups in total. The van der Waals surface area contributed by atoms with Crippen LogP contribution in [-0.2, 0) is 4.79 Å². The summed E-state index contributed by atoms with van der Waals surface area (Å²) < 4.78 is 16.7. The number of fused-ring (bicyclic) bond motifs is 2. The molecule has 0 aliphatic carbocycles. The first-order valence-electron chi connectivity index (χ1n) is 10.00. The van der Waals surface area contributed by atoms with Gasteiger partial charge < -0.3 is 19.1 Å². The third kappa shape index (κ3) is 3.91. The van der Waals surface area contributed by atoms with E-state index in [0.717, 1.165) is 35.2 Å². The maximum Gasteiger partial charge on any atom is 0.246 e. The van der Waals surface area contributed by atoms with Crippen LogP contribution in [0.2, 0.25) is 0 Å².